The van der Waals surface area contributed by atoms with Crippen LogP contribution in [0.2, 0.25) is 0 Å². The number of ether oxygens (including phenoxy) is 2. The highest BCUT2D eigenvalue weighted by atomic mass is 16.5. The normalized spacial score (nSPS) is 14.0. The van der Waals surface area contributed by atoms with Gasteiger partial charge in [-0.25, -0.2) is 0 Å². The Morgan fingerprint density at radius 2 is 2.00 bits per heavy atom. The fourth-order valence-corrected chi connectivity index (χ4v) is 2.33. The van der Waals surface area contributed by atoms with Crippen LogP contribution in [0.15, 0.2) is 18.2 Å². The molecule has 0 saturated heterocycles. The Hall–Kier alpha value is -1.92. The van der Waals surface area contributed by atoms with Crippen LogP contribution in [0.5, 0.6) is 5.75 Å². The molecule has 1 aliphatic rings. The number of methoxy groups -OCH3 is 2. The van der Waals surface area contributed by atoms with Crippen molar-refractivity contribution in [3.8, 4) is 5.75 Å². The molecule has 1 heterocycles. The lowest BCUT2D eigenvalue weighted by molar-refractivity contribution is -0.114. The van der Waals surface area contributed by atoms with Gasteiger partial charge in [-0.1, -0.05) is 0 Å². The van der Waals surface area contributed by atoms with Crippen LogP contribution >= 0.6 is 0 Å². The van der Waals surface area contributed by atoms with Gasteiger partial charge in [-0.2, -0.15) is 0 Å². The van der Waals surface area contributed by atoms with Crippen molar-refractivity contribution in [2.45, 2.75) is 6.42 Å². The van der Waals surface area contributed by atoms with Crippen molar-refractivity contribution in [2.24, 2.45) is 0 Å². The quantitative estimate of drug-likeness (QED) is 0.557. The van der Waals surface area contributed by atoms with Crippen LogP contribution in [0.1, 0.15) is 16.8 Å². The molecule has 6 heteroatoms. The molecule has 1 aromatic rings. The highest BCUT2D eigenvalue weighted by molar-refractivity contribution is 6.52. The molecular weight excluding hydrogens is 272 g/mol. The van der Waals surface area contributed by atoms with Crippen molar-refractivity contribution in [3.63, 3.8) is 0 Å². The minimum atomic E-state index is -0.489. The Morgan fingerprint density at radius 1 is 1.24 bits per heavy atom. The Morgan fingerprint density at radius 3 is 2.67 bits per heavy atom. The minimum absolute atomic E-state index is 0.369. The van der Waals surface area contributed by atoms with Gasteiger partial charge >= 0.3 is 5.91 Å². The van der Waals surface area contributed by atoms with Gasteiger partial charge in [0, 0.05) is 26.3 Å². The van der Waals surface area contributed by atoms with E-state index in [0.717, 1.165) is 13.0 Å². The van der Waals surface area contributed by atoms with Crippen LogP contribution in [0.3, 0.4) is 0 Å². The summed E-state index contributed by atoms with van der Waals surface area (Å²) < 4.78 is 10.2. The van der Waals surface area contributed by atoms with Crippen molar-refractivity contribution in [1.82, 2.24) is 4.90 Å². The zero-order valence-electron chi connectivity index (χ0n) is 12.6. The molecule has 0 spiro atoms. The van der Waals surface area contributed by atoms with Gasteiger partial charge in [0.2, 0.25) is 0 Å². The lowest BCUT2D eigenvalue weighted by Crippen LogP contribution is -2.39. The molecular formula is C15H20N2O4. The lowest BCUT2D eigenvalue weighted by Gasteiger charge is -2.24. The molecule has 0 unspecified atom stereocenters. The smallest absolute Gasteiger partial charge is 0.300 e. The molecule has 0 bridgehead atoms. The van der Waals surface area contributed by atoms with E-state index in [1.54, 1.807) is 32.4 Å². The highest BCUT2D eigenvalue weighted by Gasteiger charge is 2.36. The molecule has 0 atom stereocenters. The van der Waals surface area contributed by atoms with Crippen LogP contribution in [-0.4, -0.2) is 57.7 Å². The van der Waals surface area contributed by atoms with Gasteiger partial charge < -0.3 is 9.47 Å². The first-order chi connectivity index (χ1) is 10.1. The first-order valence-electron chi connectivity index (χ1n) is 6.80. The third-order valence-electron chi connectivity index (χ3n) is 3.45. The summed E-state index contributed by atoms with van der Waals surface area (Å²) in [6.45, 7) is 1.82. The van der Waals surface area contributed by atoms with Gasteiger partial charge in [-0.05, 0) is 25.6 Å². The van der Waals surface area contributed by atoms with Crippen LogP contribution < -0.4 is 9.64 Å². The molecule has 0 N–H and O–H groups in total. The Kier molecular flexibility index (Phi) is 4.93. The van der Waals surface area contributed by atoms with Gasteiger partial charge in [0.1, 0.15) is 5.75 Å². The van der Waals surface area contributed by atoms with E-state index in [2.05, 4.69) is 0 Å². The van der Waals surface area contributed by atoms with Gasteiger partial charge in [0.15, 0.2) is 0 Å². The number of rotatable bonds is 7. The van der Waals surface area contributed by atoms with Gasteiger partial charge in [0.25, 0.3) is 5.78 Å². The zero-order chi connectivity index (χ0) is 15.4. The van der Waals surface area contributed by atoms with E-state index in [-0.39, 0.29) is 0 Å². The maximum Gasteiger partial charge on any atom is 0.300 e. The summed E-state index contributed by atoms with van der Waals surface area (Å²) in [6, 6.07) is 5.05. The number of Topliss-reactive ketones (excluding diaryl/α,β-unsaturated/α-hetero) is 1. The predicted octanol–water partition coefficient (Wildman–Crippen LogP) is 1.15. The number of benzene rings is 1. The second-order valence-corrected chi connectivity index (χ2v) is 5.01. The highest BCUT2D eigenvalue weighted by Crippen LogP contribution is 2.32. The number of carbonyl (C=O) groups is 2. The standard InChI is InChI=1S/C15H20N2O4/c1-16(7-4-8-20-2)10-17-13-9-11(21-3)5-6-12(13)14(18)15(17)19/h5-6,9H,4,7-8,10H2,1-3H3. The maximum atomic E-state index is 12.1. The number of nitrogens with zero attached hydrogens (tertiary/aromatic N) is 2. The number of hydrogen-bond donors (Lipinski definition) is 0. The second kappa shape index (κ2) is 6.69. The molecule has 6 nitrogen and oxygen atoms in total. The second-order valence-electron chi connectivity index (χ2n) is 5.01. The molecule has 1 amide bonds. The van der Waals surface area contributed by atoms with E-state index in [1.807, 2.05) is 11.9 Å². The number of fused-ring (bicyclic) bond motifs is 1. The molecule has 0 fully saturated rings. The fourth-order valence-electron chi connectivity index (χ4n) is 2.33. The van der Waals surface area contributed by atoms with E-state index in [4.69, 9.17) is 9.47 Å². The van der Waals surface area contributed by atoms with Crippen molar-refractivity contribution in [3.05, 3.63) is 23.8 Å². The summed E-state index contributed by atoms with van der Waals surface area (Å²) in [6.07, 6.45) is 0.869. The van der Waals surface area contributed by atoms with Gasteiger partial charge in [0.05, 0.1) is 25.0 Å². The molecule has 21 heavy (non-hydrogen) atoms. The monoisotopic (exact) mass is 292 g/mol. The largest absolute Gasteiger partial charge is 0.497 e. The van der Waals surface area contributed by atoms with E-state index in [1.165, 1.54) is 4.90 Å². The summed E-state index contributed by atoms with van der Waals surface area (Å²) in [5, 5.41) is 0. The summed E-state index contributed by atoms with van der Waals surface area (Å²) >= 11 is 0. The third-order valence-corrected chi connectivity index (χ3v) is 3.45. The average molecular weight is 292 g/mol. The number of carbonyl (C=O) groups excluding carboxylic acids is 2. The molecule has 0 aliphatic carbocycles. The van der Waals surface area contributed by atoms with Crippen molar-refractivity contribution in [2.75, 3.05) is 46.0 Å². The third kappa shape index (κ3) is 3.22. The minimum Gasteiger partial charge on any atom is -0.497 e. The van der Waals surface area contributed by atoms with Crippen LogP contribution in [0.25, 0.3) is 0 Å². The summed E-state index contributed by atoms with van der Waals surface area (Å²) in [7, 11) is 5.12. The predicted molar refractivity (Wildman–Crippen MR) is 78.8 cm³/mol. The molecule has 1 aliphatic heterocycles. The molecule has 114 valence electrons. The number of ketones is 1. The first-order valence-corrected chi connectivity index (χ1v) is 6.80. The number of anilines is 1. The zero-order valence-corrected chi connectivity index (χ0v) is 12.6. The van der Waals surface area contributed by atoms with Crippen molar-refractivity contribution in [1.29, 1.82) is 0 Å². The van der Waals surface area contributed by atoms with Crippen molar-refractivity contribution < 1.29 is 19.1 Å². The van der Waals surface area contributed by atoms with E-state index in [0.29, 0.717) is 30.3 Å². The van der Waals surface area contributed by atoms with Crippen LogP contribution in [0, 0.1) is 0 Å². The molecule has 0 radical (unpaired) electrons. The first kappa shape index (κ1) is 15.5. The Bertz CT molecular complexity index is 544. The number of hydrogen-bond acceptors (Lipinski definition) is 5. The summed E-state index contributed by atoms with van der Waals surface area (Å²) in [4.78, 5) is 27.6. The Labute approximate surface area is 124 Å². The SMILES string of the molecule is COCCCN(C)CN1C(=O)C(=O)c2ccc(OC)cc21. The van der Waals surface area contributed by atoms with Crippen LogP contribution in [-0.2, 0) is 9.53 Å². The van der Waals surface area contributed by atoms with Gasteiger partial charge in [-0.3, -0.25) is 19.4 Å². The summed E-state index contributed by atoms with van der Waals surface area (Å²) in [5.41, 5.74) is 1.05. The average Bonchev–Trinajstić information content (AvgIpc) is 2.72. The summed E-state index contributed by atoms with van der Waals surface area (Å²) in [5.74, 6) is -0.321. The molecule has 0 aromatic heterocycles. The molecule has 0 saturated carbocycles. The topological polar surface area (TPSA) is 59.1 Å². The Balaban J connectivity index is 2.14. The van der Waals surface area contributed by atoms with Crippen molar-refractivity contribution >= 4 is 17.4 Å². The molecule has 1 aromatic carbocycles. The van der Waals surface area contributed by atoms with Gasteiger partial charge in [-0.15, -0.1) is 0 Å². The van der Waals surface area contributed by atoms with E-state index < -0.39 is 11.7 Å². The fraction of sp³-hybridized carbons (Fsp3) is 0.467. The van der Waals surface area contributed by atoms with E-state index >= 15 is 0 Å². The molecule has 2 rings (SSSR count). The lowest BCUT2D eigenvalue weighted by atomic mass is 10.1. The number of amides is 1. The van der Waals surface area contributed by atoms with Crippen LogP contribution in [0.4, 0.5) is 5.69 Å². The van der Waals surface area contributed by atoms with E-state index in [9.17, 15) is 9.59 Å². The maximum absolute atomic E-state index is 12.1.